The summed E-state index contributed by atoms with van der Waals surface area (Å²) in [7, 11) is -14.3. The average molecular weight is 577 g/mol. The van der Waals surface area contributed by atoms with Crippen LogP contribution in [0.4, 0.5) is 0 Å². The zero-order valence-electron chi connectivity index (χ0n) is 19.4. The van der Waals surface area contributed by atoms with Gasteiger partial charge in [0.15, 0.2) is 0 Å². The van der Waals surface area contributed by atoms with Gasteiger partial charge in [0, 0.05) is 38.3 Å². The summed E-state index contributed by atoms with van der Waals surface area (Å²) in [5.74, 6) is -1.23. The van der Waals surface area contributed by atoms with Crippen molar-refractivity contribution in [3.63, 3.8) is 0 Å². The molecule has 0 aliphatic heterocycles. The minimum atomic E-state index is -4.85. The highest BCUT2D eigenvalue weighted by molar-refractivity contribution is 7.51. The number of hydrogen-bond acceptors (Lipinski definition) is 15. The molecule has 0 aliphatic carbocycles. The summed E-state index contributed by atoms with van der Waals surface area (Å²) in [4.78, 5) is 43.9. The van der Waals surface area contributed by atoms with Gasteiger partial charge in [-0.15, -0.1) is 0 Å². The molecule has 6 atom stereocenters. The Bertz CT molecular complexity index is 697. The van der Waals surface area contributed by atoms with Crippen LogP contribution in [0, 0.1) is 11.8 Å². The van der Waals surface area contributed by atoms with Crippen LogP contribution in [0.15, 0.2) is 0 Å². The maximum atomic E-state index is 11.8. The number of rotatable bonds is 21. The smallest absolute Gasteiger partial charge is 0.325 e. The maximum Gasteiger partial charge on any atom is 0.325 e. The second-order valence-electron chi connectivity index (χ2n) is 7.17. The van der Waals surface area contributed by atoms with E-state index in [0.717, 1.165) is 13.3 Å². The van der Waals surface area contributed by atoms with Crippen molar-refractivity contribution in [2.24, 2.45) is 11.8 Å². The number of phosphoric acid groups is 2. The van der Waals surface area contributed by atoms with Gasteiger partial charge in [0.1, 0.15) is 7.60 Å². The van der Waals surface area contributed by atoms with Gasteiger partial charge in [-0.05, 0) is 14.1 Å². The zero-order chi connectivity index (χ0) is 26.5. The summed E-state index contributed by atoms with van der Waals surface area (Å²) in [5.41, 5.74) is 0. The molecule has 6 unspecified atom stereocenters. The molecule has 16 nitrogen and oxygen atoms in total. The molecule has 20 heteroatoms. The van der Waals surface area contributed by atoms with Crippen LogP contribution < -0.4 is 25.3 Å². The average Bonchev–Trinajstić information content (AvgIpc) is 2.68. The summed E-state index contributed by atoms with van der Waals surface area (Å²) in [6, 6.07) is 0. The van der Waals surface area contributed by atoms with Crippen LogP contribution in [-0.2, 0) is 45.4 Å². The van der Waals surface area contributed by atoms with Gasteiger partial charge in [-0.3, -0.25) is 13.7 Å². The lowest BCUT2D eigenvalue weighted by Crippen LogP contribution is -2.28. The third-order valence-electron chi connectivity index (χ3n) is 3.60. The van der Waals surface area contributed by atoms with E-state index in [1.54, 1.807) is 14.1 Å². The van der Waals surface area contributed by atoms with Crippen LogP contribution in [0.2, 0.25) is 0 Å². The summed E-state index contributed by atoms with van der Waals surface area (Å²) in [6.07, 6.45) is 0. The van der Waals surface area contributed by atoms with Crippen molar-refractivity contribution in [2.75, 3.05) is 80.2 Å². The molecule has 0 amide bonds. The third kappa shape index (κ3) is 20.6. The van der Waals surface area contributed by atoms with E-state index in [4.69, 9.17) is 9.42 Å². The first kappa shape index (κ1) is 34.4. The lowest BCUT2D eigenvalue weighted by molar-refractivity contribution is -0.234. The van der Waals surface area contributed by atoms with Crippen molar-refractivity contribution >= 4 is 30.8 Å². The van der Waals surface area contributed by atoms with E-state index in [2.05, 4.69) is 33.3 Å². The Labute approximate surface area is 198 Å². The van der Waals surface area contributed by atoms with Gasteiger partial charge in [0.2, 0.25) is 0 Å². The Hall–Kier alpha value is 0.440. The predicted molar refractivity (Wildman–Crippen MR) is 115 cm³/mol. The molecule has 0 aromatic heterocycles. The Balaban J connectivity index is 4.43. The monoisotopic (exact) mass is 577 g/mol. The topological polar surface area (TPSA) is 237 Å². The SMILES string of the molecule is CNCC(COP(C)(=O)[O-])COP(=O)([O-])OCCOP(=O)([O-])OCC(CNC)COP(C)(=O)O. The lowest BCUT2D eigenvalue weighted by atomic mass is 10.2. The fraction of sp³-hybridized carbons (Fsp3) is 1.00. The van der Waals surface area contributed by atoms with Crippen LogP contribution in [0.3, 0.4) is 0 Å². The van der Waals surface area contributed by atoms with Gasteiger partial charge in [0.25, 0.3) is 15.6 Å². The van der Waals surface area contributed by atoms with Crippen LogP contribution in [-0.4, -0.2) is 85.0 Å². The van der Waals surface area contributed by atoms with Crippen molar-refractivity contribution in [1.82, 2.24) is 10.6 Å². The second-order valence-corrected chi connectivity index (χ2v) is 13.7. The van der Waals surface area contributed by atoms with Crippen molar-refractivity contribution in [2.45, 2.75) is 0 Å². The minimum absolute atomic E-state index is 0.188. The number of phosphoric ester groups is 2. The fourth-order valence-corrected chi connectivity index (χ4v) is 4.66. The van der Waals surface area contributed by atoms with Gasteiger partial charge in [-0.1, -0.05) is 0 Å². The summed E-state index contributed by atoms with van der Waals surface area (Å²) >= 11 is 0. The van der Waals surface area contributed by atoms with Crippen LogP contribution in [0.25, 0.3) is 0 Å². The molecule has 0 saturated heterocycles. The van der Waals surface area contributed by atoms with Gasteiger partial charge in [-0.2, -0.15) is 0 Å². The van der Waals surface area contributed by atoms with Crippen molar-refractivity contribution < 1.29 is 65.0 Å². The summed E-state index contributed by atoms with van der Waals surface area (Å²) in [6.45, 7) is -0.595. The van der Waals surface area contributed by atoms with E-state index >= 15 is 0 Å². The quantitative estimate of drug-likeness (QED) is 0.106. The molecule has 0 aromatic rings. The molecule has 0 bridgehead atoms. The first-order valence-electron chi connectivity index (χ1n) is 9.86. The van der Waals surface area contributed by atoms with Gasteiger partial charge in [0.05, 0.1) is 39.6 Å². The van der Waals surface area contributed by atoms with E-state index in [1.807, 2.05) is 0 Å². The molecule has 0 rings (SSSR count). The standard InChI is InChI=1S/C14H36N2O14P4/c1-15-7-13(9-27-31(3,17)18)11-29-33(21,22)25-5-6-26-34(23,24)30-12-14(8-16-2)10-28-32(4,19)20/h13-16H,5-12H2,1-4H3,(H,17,18)(H,19,20)(H,21,22)(H,23,24)/p-3. The second kappa shape index (κ2) is 16.3. The van der Waals surface area contributed by atoms with E-state index in [0.29, 0.717) is 0 Å². The van der Waals surface area contributed by atoms with Gasteiger partial charge >= 0.3 is 7.60 Å². The normalized spacial score (nSPS) is 21.1. The van der Waals surface area contributed by atoms with E-state index < -0.39 is 69.1 Å². The first-order valence-corrected chi connectivity index (χ1v) is 16.8. The molecule has 206 valence electrons. The Kier molecular flexibility index (Phi) is 16.5. The molecule has 3 N–H and O–H groups in total. The molecule has 34 heavy (non-hydrogen) atoms. The Morgan fingerprint density at radius 2 is 1.03 bits per heavy atom. The van der Waals surface area contributed by atoms with Gasteiger partial charge in [-0.25, -0.2) is 0 Å². The molecule has 0 radical (unpaired) electrons. The molecule has 0 aliphatic rings. The van der Waals surface area contributed by atoms with Gasteiger partial charge < -0.3 is 61.9 Å². The first-order chi connectivity index (χ1) is 15.5. The zero-order valence-corrected chi connectivity index (χ0v) is 22.9. The lowest BCUT2D eigenvalue weighted by Gasteiger charge is -2.28. The highest BCUT2D eigenvalue weighted by Gasteiger charge is 2.20. The van der Waals surface area contributed by atoms with Crippen molar-refractivity contribution in [3.05, 3.63) is 0 Å². The Morgan fingerprint density at radius 3 is 1.35 bits per heavy atom. The maximum absolute atomic E-state index is 11.8. The fourth-order valence-electron chi connectivity index (χ4n) is 2.16. The van der Waals surface area contributed by atoms with E-state index in [9.17, 15) is 32.9 Å². The number of nitrogens with one attached hydrogen (secondary N) is 2. The van der Waals surface area contributed by atoms with Crippen molar-refractivity contribution in [3.8, 4) is 0 Å². The Morgan fingerprint density at radius 1 is 0.676 bits per heavy atom. The molecule has 0 heterocycles. The van der Waals surface area contributed by atoms with Crippen molar-refractivity contribution in [1.29, 1.82) is 0 Å². The molecular formula is C14H33N2O14P4-3. The molecule has 0 aromatic carbocycles. The molecule has 0 saturated carbocycles. The highest BCUT2D eigenvalue weighted by atomic mass is 31.2. The highest BCUT2D eigenvalue weighted by Crippen LogP contribution is 2.42. The van der Waals surface area contributed by atoms with Crippen LogP contribution in [0.1, 0.15) is 0 Å². The third-order valence-corrected chi connectivity index (χ3v) is 6.77. The van der Waals surface area contributed by atoms with E-state index in [-0.39, 0.29) is 26.3 Å². The largest absolute Gasteiger partial charge is 0.779 e. The van der Waals surface area contributed by atoms with Crippen LogP contribution in [0.5, 0.6) is 0 Å². The molecule has 0 spiro atoms. The van der Waals surface area contributed by atoms with E-state index in [1.165, 1.54) is 0 Å². The summed E-state index contributed by atoms with van der Waals surface area (Å²) in [5, 5.41) is 5.48. The predicted octanol–water partition coefficient (Wildman–Crippen LogP) is -1.31. The molecular weight excluding hydrogens is 544 g/mol. The minimum Gasteiger partial charge on any atom is -0.779 e. The summed E-state index contributed by atoms with van der Waals surface area (Å²) < 4.78 is 73.7. The molecule has 0 fully saturated rings. The van der Waals surface area contributed by atoms with Crippen LogP contribution >= 0.6 is 30.8 Å². The number of hydrogen-bond donors (Lipinski definition) is 3.